The molecule has 3 aromatic carbocycles. The summed E-state index contributed by atoms with van der Waals surface area (Å²) in [4.78, 5) is 13.2. The molecule has 0 aliphatic carbocycles. The lowest BCUT2D eigenvalue weighted by Crippen LogP contribution is -2.35. The van der Waals surface area contributed by atoms with Crippen molar-refractivity contribution in [2.24, 2.45) is 0 Å². The zero-order chi connectivity index (χ0) is 23.1. The first-order chi connectivity index (χ1) is 15.3. The number of nitrogens with zero attached hydrogens (tertiary/aromatic N) is 1. The van der Waals surface area contributed by atoms with E-state index in [1.165, 1.54) is 18.2 Å². The summed E-state index contributed by atoms with van der Waals surface area (Å²) in [7, 11) is -4.09. The number of sulfonamides is 1. The molecule has 0 aliphatic heterocycles. The molecule has 32 heavy (non-hydrogen) atoms. The van der Waals surface area contributed by atoms with Crippen LogP contribution in [0.5, 0.6) is 5.75 Å². The van der Waals surface area contributed by atoms with E-state index >= 15 is 0 Å². The molecule has 6 heteroatoms. The standard InChI is InChI=1S/C26H27NO4S/c1-4-19-31-24-14-9-22(10-15-24)11-18-26(28)27(23-12-5-20(2)6-13-23)32(29,30)25-16-7-21(3)8-17-25/h5-18H,4,19H2,1-3H3/b18-11+. The van der Waals surface area contributed by atoms with Crippen LogP contribution < -0.4 is 9.04 Å². The highest BCUT2D eigenvalue weighted by atomic mass is 32.2. The van der Waals surface area contributed by atoms with Crippen molar-refractivity contribution in [2.75, 3.05) is 10.9 Å². The predicted octanol–water partition coefficient (Wildman–Crippen LogP) is 5.53. The molecule has 0 spiro atoms. The van der Waals surface area contributed by atoms with Crippen molar-refractivity contribution in [3.8, 4) is 5.75 Å². The van der Waals surface area contributed by atoms with Crippen LogP contribution in [0.3, 0.4) is 0 Å². The van der Waals surface area contributed by atoms with Crippen LogP contribution in [0.25, 0.3) is 6.08 Å². The Labute approximate surface area is 190 Å². The summed E-state index contributed by atoms with van der Waals surface area (Å²) in [5.41, 5.74) is 2.95. The minimum absolute atomic E-state index is 0.0582. The second-order valence-electron chi connectivity index (χ2n) is 7.51. The van der Waals surface area contributed by atoms with Gasteiger partial charge in [-0.3, -0.25) is 4.79 Å². The van der Waals surface area contributed by atoms with Gasteiger partial charge >= 0.3 is 0 Å². The summed E-state index contributed by atoms with van der Waals surface area (Å²) in [6.45, 7) is 6.45. The first-order valence-electron chi connectivity index (χ1n) is 10.4. The third-order valence-electron chi connectivity index (χ3n) is 4.80. The first-order valence-corrected chi connectivity index (χ1v) is 11.9. The lowest BCUT2D eigenvalue weighted by atomic mass is 10.2. The van der Waals surface area contributed by atoms with Crippen LogP contribution in [0.1, 0.15) is 30.0 Å². The topological polar surface area (TPSA) is 63.7 Å². The summed E-state index contributed by atoms with van der Waals surface area (Å²) in [6, 6.07) is 20.5. The second kappa shape index (κ2) is 10.3. The van der Waals surface area contributed by atoms with Crippen molar-refractivity contribution in [1.82, 2.24) is 0 Å². The Kier molecular flexibility index (Phi) is 7.49. The lowest BCUT2D eigenvalue weighted by molar-refractivity contribution is -0.113. The average Bonchev–Trinajstić information content (AvgIpc) is 2.78. The van der Waals surface area contributed by atoms with Crippen molar-refractivity contribution in [2.45, 2.75) is 32.1 Å². The van der Waals surface area contributed by atoms with E-state index < -0.39 is 15.9 Å². The Morgan fingerprint density at radius 1 is 0.875 bits per heavy atom. The number of rotatable bonds is 8. The molecular formula is C26H27NO4S. The average molecular weight is 450 g/mol. The molecule has 0 aliphatic rings. The Balaban J connectivity index is 1.92. The number of carbonyl (C=O) groups excluding carboxylic acids is 1. The molecule has 166 valence electrons. The van der Waals surface area contributed by atoms with Crippen molar-refractivity contribution >= 4 is 27.7 Å². The maximum atomic E-state index is 13.4. The van der Waals surface area contributed by atoms with Gasteiger partial charge in [0.2, 0.25) is 0 Å². The molecule has 0 aromatic heterocycles. The van der Waals surface area contributed by atoms with E-state index in [0.717, 1.165) is 33.2 Å². The van der Waals surface area contributed by atoms with Crippen LogP contribution in [-0.4, -0.2) is 20.9 Å². The number of ether oxygens (including phenoxy) is 1. The van der Waals surface area contributed by atoms with Crippen LogP contribution in [0.15, 0.2) is 83.8 Å². The highest BCUT2D eigenvalue weighted by molar-refractivity contribution is 7.93. The first kappa shape index (κ1) is 23.3. The van der Waals surface area contributed by atoms with Crippen molar-refractivity contribution < 1.29 is 17.9 Å². The number of benzene rings is 3. The number of carbonyl (C=O) groups is 1. The molecule has 0 unspecified atom stereocenters. The van der Waals surface area contributed by atoms with E-state index in [9.17, 15) is 13.2 Å². The van der Waals surface area contributed by atoms with E-state index in [2.05, 4.69) is 0 Å². The van der Waals surface area contributed by atoms with Crippen LogP contribution in [0.4, 0.5) is 5.69 Å². The molecular weight excluding hydrogens is 422 g/mol. The number of anilines is 1. The van der Waals surface area contributed by atoms with Crippen molar-refractivity contribution in [3.05, 3.63) is 95.6 Å². The Bertz CT molecular complexity index is 1180. The molecule has 0 saturated carbocycles. The van der Waals surface area contributed by atoms with Gasteiger partial charge in [-0.25, -0.2) is 8.42 Å². The van der Waals surface area contributed by atoms with Gasteiger partial charge in [0.1, 0.15) is 5.75 Å². The van der Waals surface area contributed by atoms with Crippen LogP contribution in [0.2, 0.25) is 0 Å². The highest BCUT2D eigenvalue weighted by Gasteiger charge is 2.29. The van der Waals surface area contributed by atoms with E-state index in [0.29, 0.717) is 6.61 Å². The van der Waals surface area contributed by atoms with Crippen LogP contribution in [0, 0.1) is 13.8 Å². The summed E-state index contributed by atoms with van der Waals surface area (Å²) >= 11 is 0. The maximum absolute atomic E-state index is 13.4. The van der Waals surface area contributed by atoms with Crippen molar-refractivity contribution in [1.29, 1.82) is 0 Å². The third-order valence-corrected chi connectivity index (χ3v) is 6.54. The largest absolute Gasteiger partial charge is 0.494 e. The Hall–Kier alpha value is -3.38. The number of amides is 1. The summed E-state index contributed by atoms with van der Waals surface area (Å²) in [6.07, 6.45) is 3.78. The summed E-state index contributed by atoms with van der Waals surface area (Å²) in [5, 5.41) is 0. The van der Waals surface area contributed by atoms with Gasteiger partial charge in [0.05, 0.1) is 17.2 Å². The number of aryl methyl sites for hydroxylation is 2. The molecule has 0 saturated heterocycles. The fourth-order valence-corrected chi connectivity index (χ4v) is 4.40. The van der Waals surface area contributed by atoms with Gasteiger partial charge in [-0.2, -0.15) is 4.31 Å². The lowest BCUT2D eigenvalue weighted by Gasteiger charge is -2.21. The van der Waals surface area contributed by atoms with E-state index in [1.54, 1.807) is 42.5 Å². The fraction of sp³-hybridized carbons (Fsp3) is 0.192. The highest BCUT2D eigenvalue weighted by Crippen LogP contribution is 2.25. The van der Waals surface area contributed by atoms with Gasteiger partial charge in [-0.15, -0.1) is 0 Å². The van der Waals surface area contributed by atoms with E-state index in [4.69, 9.17) is 4.74 Å². The van der Waals surface area contributed by atoms with E-state index in [-0.39, 0.29) is 10.6 Å². The predicted molar refractivity (Wildman–Crippen MR) is 128 cm³/mol. The SMILES string of the molecule is CCCOc1ccc(/C=C/C(=O)N(c2ccc(C)cc2)S(=O)(=O)c2ccc(C)cc2)cc1. The monoisotopic (exact) mass is 449 g/mol. The zero-order valence-electron chi connectivity index (χ0n) is 18.5. The number of hydrogen-bond donors (Lipinski definition) is 0. The quantitative estimate of drug-likeness (QED) is 0.424. The maximum Gasteiger partial charge on any atom is 0.271 e. The minimum Gasteiger partial charge on any atom is -0.494 e. The molecule has 3 rings (SSSR count). The normalized spacial score (nSPS) is 11.5. The fourth-order valence-electron chi connectivity index (χ4n) is 3.01. The summed E-state index contributed by atoms with van der Waals surface area (Å²) < 4.78 is 33.2. The molecule has 0 fully saturated rings. The Morgan fingerprint density at radius 3 is 2.00 bits per heavy atom. The third kappa shape index (κ3) is 5.65. The van der Waals surface area contributed by atoms with E-state index in [1.807, 2.05) is 45.0 Å². The minimum atomic E-state index is -4.09. The Morgan fingerprint density at radius 2 is 1.44 bits per heavy atom. The molecule has 0 atom stereocenters. The zero-order valence-corrected chi connectivity index (χ0v) is 19.3. The molecule has 1 amide bonds. The molecule has 3 aromatic rings. The van der Waals surface area contributed by atoms with Crippen molar-refractivity contribution in [3.63, 3.8) is 0 Å². The number of hydrogen-bond acceptors (Lipinski definition) is 4. The summed E-state index contributed by atoms with van der Waals surface area (Å²) in [5.74, 6) is 0.0966. The van der Waals surface area contributed by atoms with Crippen LogP contribution in [-0.2, 0) is 14.8 Å². The van der Waals surface area contributed by atoms with Gasteiger partial charge in [0, 0.05) is 6.08 Å². The molecule has 0 bridgehead atoms. The van der Waals surface area contributed by atoms with Gasteiger partial charge in [-0.1, -0.05) is 54.4 Å². The molecule has 5 nitrogen and oxygen atoms in total. The van der Waals surface area contributed by atoms with Gasteiger partial charge < -0.3 is 4.74 Å². The van der Waals surface area contributed by atoms with Gasteiger partial charge in [0.25, 0.3) is 15.9 Å². The molecule has 0 radical (unpaired) electrons. The molecule has 0 N–H and O–H groups in total. The van der Waals surface area contributed by atoms with Crippen LogP contribution >= 0.6 is 0 Å². The van der Waals surface area contributed by atoms with Gasteiger partial charge in [-0.05, 0) is 68.3 Å². The van der Waals surface area contributed by atoms with Gasteiger partial charge in [0.15, 0.2) is 0 Å². The smallest absolute Gasteiger partial charge is 0.271 e. The second-order valence-corrected chi connectivity index (χ2v) is 9.29. The molecule has 0 heterocycles.